The van der Waals surface area contributed by atoms with Crippen LogP contribution in [0, 0.1) is 27.7 Å². The van der Waals surface area contributed by atoms with Gasteiger partial charge in [-0.2, -0.15) is 0 Å². The molecule has 0 aliphatic rings. The Labute approximate surface area is 197 Å². The highest BCUT2D eigenvalue weighted by molar-refractivity contribution is 5.93. The minimum atomic E-state index is 0.680. The number of benzene rings is 3. The van der Waals surface area contributed by atoms with Gasteiger partial charge in [-0.1, -0.05) is 42.0 Å². The molecular formula is C29H33N3O. The highest BCUT2D eigenvalue weighted by Gasteiger charge is 2.06. The molecule has 3 aromatic carbocycles. The highest BCUT2D eigenvalue weighted by atomic mass is 16.5. The van der Waals surface area contributed by atoms with E-state index < -0.39 is 0 Å². The monoisotopic (exact) mass is 439 g/mol. The molecule has 1 aromatic heterocycles. The lowest BCUT2D eigenvalue weighted by Crippen LogP contribution is -2.18. The van der Waals surface area contributed by atoms with Crippen LogP contribution in [0.25, 0.3) is 10.9 Å². The SMILES string of the molecule is Cc1cc(C)c(CNCCCOc2cccc(Nc3cc(C)nc4ccccc34)c2)c(C)c1. The molecule has 0 radical (unpaired) electrons. The van der Waals surface area contributed by atoms with E-state index in [-0.39, 0.29) is 0 Å². The smallest absolute Gasteiger partial charge is 0.121 e. The van der Waals surface area contributed by atoms with Crippen molar-refractivity contribution in [2.24, 2.45) is 0 Å². The van der Waals surface area contributed by atoms with E-state index in [4.69, 9.17) is 4.74 Å². The van der Waals surface area contributed by atoms with Gasteiger partial charge in [0.1, 0.15) is 5.75 Å². The second-order valence-corrected chi connectivity index (χ2v) is 8.74. The first kappa shape index (κ1) is 22.8. The molecule has 170 valence electrons. The van der Waals surface area contributed by atoms with Gasteiger partial charge in [-0.3, -0.25) is 4.98 Å². The first-order valence-corrected chi connectivity index (χ1v) is 11.6. The van der Waals surface area contributed by atoms with Crippen molar-refractivity contribution in [2.45, 2.75) is 40.7 Å². The summed E-state index contributed by atoms with van der Waals surface area (Å²) in [6.07, 6.45) is 0.954. The summed E-state index contributed by atoms with van der Waals surface area (Å²) in [5.74, 6) is 0.875. The topological polar surface area (TPSA) is 46.2 Å². The molecule has 0 aliphatic carbocycles. The lowest BCUT2D eigenvalue weighted by molar-refractivity contribution is 0.308. The van der Waals surface area contributed by atoms with Crippen LogP contribution >= 0.6 is 0 Å². The zero-order chi connectivity index (χ0) is 23.2. The lowest BCUT2D eigenvalue weighted by atomic mass is 10.00. The maximum atomic E-state index is 6.02. The predicted octanol–water partition coefficient (Wildman–Crippen LogP) is 6.77. The zero-order valence-electron chi connectivity index (χ0n) is 20.0. The zero-order valence-corrected chi connectivity index (χ0v) is 20.0. The summed E-state index contributed by atoms with van der Waals surface area (Å²) in [5.41, 5.74) is 9.50. The summed E-state index contributed by atoms with van der Waals surface area (Å²) < 4.78 is 6.02. The molecule has 4 heteroatoms. The molecule has 0 fully saturated rings. The number of pyridine rings is 1. The van der Waals surface area contributed by atoms with Gasteiger partial charge in [0.15, 0.2) is 0 Å². The standard InChI is InChI=1S/C29H33N3O/c1-20-15-21(2)27(22(3)16-20)19-30-13-8-14-33-25-10-7-9-24(18-25)32-29-17-23(4)31-28-12-6-5-11-26(28)29/h5-7,9-12,15-18,30H,8,13-14,19H2,1-4H3,(H,31,32). The molecule has 1 heterocycles. The molecule has 0 atom stereocenters. The van der Waals surface area contributed by atoms with Gasteiger partial charge in [0, 0.05) is 35.1 Å². The summed E-state index contributed by atoms with van der Waals surface area (Å²) in [6.45, 7) is 11.1. The summed E-state index contributed by atoms with van der Waals surface area (Å²) in [6, 6.07) is 22.9. The average Bonchev–Trinajstić information content (AvgIpc) is 2.77. The van der Waals surface area contributed by atoms with Crippen molar-refractivity contribution >= 4 is 22.3 Å². The van der Waals surface area contributed by atoms with E-state index in [0.29, 0.717) is 6.61 Å². The molecule has 0 unspecified atom stereocenters. The largest absolute Gasteiger partial charge is 0.493 e. The van der Waals surface area contributed by atoms with Gasteiger partial charge in [-0.15, -0.1) is 0 Å². The summed E-state index contributed by atoms with van der Waals surface area (Å²) in [7, 11) is 0. The van der Waals surface area contributed by atoms with Crippen molar-refractivity contribution in [3.8, 4) is 5.75 Å². The van der Waals surface area contributed by atoms with E-state index in [2.05, 4.69) is 72.8 Å². The van der Waals surface area contributed by atoms with Gasteiger partial charge in [0.25, 0.3) is 0 Å². The summed E-state index contributed by atoms with van der Waals surface area (Å²) in [4.78, 5) is 4.62. The number of fused-ring (bicyclic) bond motifs is 1. The van der Waals surface area contributed by atoms with Crippen LogP contribution in [-0.4, -0.2) is 18.1 Å². The molecule has 0 saturated heterocycles. The third kappa shape index (κ3) is 5.91. The van der Waals surface area contributed by atoms with Gasteiger partial charge >= 0.3 is 0 Å². The van der Waals surface area contributed by atoms with Crippen molar-refractivity contribution in [1.29, 1.82) is 0 Å². The van der Waals surface area contributed by atoms with E-state index in [0.717, 1.165) is 53.2 Å². The van der Waals surface area contributed by atoms with Gasteiger partial charge < -0.3 is 15.4 Å². The summed E-state index contributed by atoms with van der Waals surface area (Å²) in [5, 5.41) is 8.21. The highest BCUT2D eigenvalue weighted by Crippen LogP contribution is 2.28. The fraction of sp³-hybridized carbons (Fsp3) is 0.276. The van der Waals surface area contributed by atoms with Crippen LogP contribution in [0.1, 0.15) is 34.4 Å². The van der Waals surface area contributed by atoms with Crippen LogP contribution in [0.4, 0.5) is 11.4 Å². The third-order valence-electron chi connectivity index (χ3n) is 5.87. The molecule has 4 nitrogen and oxygen atoms in total. The van der Waals surface area contributed by atoms with Crippen molar-refractivity contribution < 1.29 is 4.74 Å². The van der Waals surface area contributed by atoms with Gasteiger partial charge in [-0.25, -0.2) is 0 Å². The number of anilines is 2. The number of aryl methyl sites for hydroxylation is 4. The maximum Gasteiger partial charge on any atom is 0.121 e. The first-order chi connectivity index (χ1) is 16.0. The lowest BCUT2D eigenvalue weighted by Gasteiger charge is -2.13. The van der Waals surface area contributed by atoms with Gasteiger partial charge in [0.05, 0.1) is 12.1 Å². The molecule has 4 rings (SSSR count). The summed E-state index contributed by atoms with van der Waals surface area (Å²) >= 11 is 0. The molecule has 33 heavy (non-hydrogen) atoms. The van der Waals surface area contributed by atoms with Crippen molar-refractivity contribution in [3.63, 3.8) is 0 Å². The van der Waals surface area contributed by atoms with Crippen molar-refractivity contribution in [3.05, 3.63) is 94.7 Å². The number of hydrogen-bond acceptors (Lipinski definition) is 4. The molecule has 0 amide bonds. The number of aromatic nitrogens is 1. The average molecular weight is 440 g/mol. The number of nitrogens with one attached hydrogen (secondary N) is 2. The first-order valence-electron chi connectivity index (χ1n) is 11.6. The quantitative estimate of drug-likeness (QED) is 0.283. The molecule has 0 aliphatic heterocycles. The molecule has 4 aromatic rings. The number of para-hydroxylation sites is 1. The Morgan fingerprint density at radius 1 is 0.848 bits per heavy atom. The van der Waals surface area contributed by atoms with Crippen molar-refractivity contribution in [2.75, 3.05) is 18.5 Å². The Hall–Kier alpha value is -3.37. The molecule has 0 spiro atoms. The molecular weight excluding hydrogens is 406 g/mol. The minimum absolute atomic E-state index is 0.680. The molecule has 0 bridgehead atoms. The van der Waals surface area contributed by atoms with E-state index in [1.54, 1.807) is 0 Å². The van der Waals surface area contributed by atoms with E-state index in [9.17, 15) is 0 Å². The van der Waals surface area contributed by atoms with Crippen LogP contribution in [-0.2, 0) is 6.54 Å². The van der Waals surface area contributed by atoms with Crippen LogP contribution < -0.4 is 15.4 Å². The second-order valence-electron chi connectivity index (χ2n) is 8.74. The fourth-order valence-electron chi connectivity index (χ4n) is 4.32. The number of ether oxygens (including phenoxy) is 1. The maximum absolute atomic E-state index is 6.02. The third-order valence-corrected chi connectivity index (χ3v) is 5.87. The number of hydrogen-bond donors (Lipinski definition) is 2. The number of nitrogens with zero attached hydrogens (tertiary/aromatic N) is 1. The van der Waals surface area contributed by atoms with Gasteiger partial charge in [-0.05, 0) is 81.6 Å². The van der Waals surface area contributed by atoms with E-state index in [1.807, 2.05) is 37.3 Å². The Balaban J connectivity index is 1.29. The van der Waals surface area contributed by atoms with Crippen LogP contribution in [0.3, 0.4) is 0 Å². The minimum Gasteiger partial charge on any atom is -0.493 e. The Kier molecular flexibility index (Phi) is 7.26. The van der Waals surface area contributed by atoms with Crippen LogP contribution in [0.2, 0.25) is 0 Å². The van der Waals surface area contributed by atoms with Crippen molar-refractivity contribution in [1.82, 2.24) is 10.3 Å². The van der Waals surface area contributed by atoms with E-state index in [1.165, 1.54) is 22.3 Å². The Bertz CT molecular complexity index is 1230. The van der Waals surface area contributed by atoms with Gasteiger partial charge in [0.2, 0.25) is 0 Å². The van der Waals surface area contributed by atoms with Crippen LogP contribution in [0.15, 0.2) is 66.7 Å². The Morgan fingerprint density at radius 3 is 2.45 bits per heavy atom. The Morgan fingerprint density at radius 2 is 1.64 bits per heavy atom. The molecule has 2 N–H and O–H groups in total. The number of rotatable bonds is 9. The van der Waals surface area contributed by atoms with E-state index >= 15 is 0 Å². The molecule has 0 saturated carbocycles. The fourth-order valence-corrected chi connectivity index (χ4v) is 4.32. The van der Waals surface area contributed by atoms with Crippen LogP contribution in [0.5, 0.6) is 5.75 Å². The second kappa shape index (κ2) is 10.5. The normalized spacial score (nSPS) is 11.0. The predicted molar refractivity (Wildman–Crippen MR) is 139 cm³/mol.